The number of hydrogen-bond donors (Lipinski definition) is 2. The van der Waals surface area contributed by atoms with Crippen LogP contribution in [0.1, 0.15) is 11.1 Å². The van der Waals surface area contributed by atoms with E-state index in [0.717, 1.165) is 11.1 Å². The minimum Gasteiger partial charge on any atom is -0.394 e. The highest BCUT2D eigenvalue weighted by Crippen LogP contribution is 2.20. The maximum absolute atomic E-state index is 12.2. The van der Waals surface area contributed by atoms with Crippen LogP contribution in [0.4, 0.5) is 0 Å². The Kier molecular flexibility index (Phi) is 5.59. The number of carbonyl (C=O) groups is 1. The van der Waals surface area contributed by atoms with Crippen LogP contribution >= 0.6 is 0 Å². The Labute approximate surface area is 141 Å². The van der Waals surface area contributed by atoms with E-state index in [-0.39, 0.29) is 12.5 Å². The van der Waals surface area contributed by atoms with Crippen molar-refractivity contribution in [1.29, 1.82) is 0 Å². The van der Waals surface area contributed by atoms with Gasteiger partial charge in [-0.15, -0.1) is 0 Å². The fourth-order valence-corrected chi connectivity index (χ4v) is 2.76. The molecule has 1 fully saturated rings. The van der Waals surface area contributed by atoms with Crippen LogP contribution in [0.3, 0.4) is 0 Å². The molecule has 3 rings (SSSR count). The molecular formula is C19H21NO4. The molecule has 1 heterocycles. The second-order valence-corrected chi connectivity index (χ2v) is 5.78. The first kappa shape index (κ1) is 16.6. The van der Waals surface area contributed by atoms with E-state index in [9.17, 15) is 9.90 Å². The second kappa shape index (κ2) is 8.06. The number of hydrogen-bond acceptors (Lipinski definition) is 4. The van der Waals surface area contributed by atoms with Gasteiger partial charge in [-0.2, -0.15) is 0 Å². The van der Waals surface area contributed by atoms with Crippen LogP contribution < -0.4 is 5.32 Å². The molecule has 24 heavy (non-hydrogen) atoms. The van der Waals surface area contributed by atoms with Gasteiger partial charge < -0.3 is 19.9 Å². The summed E-state index contributed by atoms with van der Waals surface area (Å²) in [5, 5.41) is 12.2. The van der Waals surface area contributed by atoms with Crippen molar-refractivity contribution in [2.24, 2.45) is 0 Å². The second-order valence-electron chi connectivity index (χ2n) is 5.78. The average molecular weight is 327 g/mol. The number of ether oxygens (including phenoxy) is 2. The molecule has 5 nitrogen and oxygen atoms in total. The summed E-state index contributed by atoms with van der Waals surface area (Å²) in [6.45, 7) is 0.501. The van der Waals surface area contributed by atoms with Gasteiger partial charge in [0.05, 0.1) is 25.9 Å². The maximum atomic E-state index is 12.2. The van der Waals surface area contributed by atoms with Gasteiger partial charge in [-0.05, 0) is 11.1 Å². The van der Waals surface area contributed by atoms with Crippen molar-refractivity contribution in [1.82, 2.24) is 5.32 Å². The Balaban J connectivity index is 1.64. The van der Waals surface area contributed by atoms with E-state index in [1.807, 2.05) is 60.7 Å². The molecule has 2 aromatic rings. The molecule has 5 heteroatoms. The number of aliphatic hydroxyl groups is 1. The summed E-state index contributed by atoms with van der Waals surface area (Å²) in [6.07, 6.45) is -1.25. The lowest BCUT2D eigenvalue weighted by atomic mass is 10.1. The van der Waals surface area contributed by atoms with E-state index < -0.39 is 18.2 Å². The quantitative estimate of drug-likeness (QED) is 0.811. The van der Waals surface area contributed by atoms with Crippen molar-refractivity contribution in [2.45, 2.75) is 31.5 Å². The zero-order chi connectivity index (χ0) is 16.8. The Morgan fingerprint density at radius 1 is 0.875 bits per heavy atom. The molecule has 0 aromatic heterocycles. The molecule has 126 valence electrons. The van der Waals surface area contributed by atoms with Gasteiger partial charge in [0.2, 0.25) is 0 Å². The van der Waals surface area contributed by atoms with Crippen LogP contribution in [0, 0.1) is 0 Å². The molecule has 1 amide bonds. The highest BCUT2D eigenvalue weighted by molar-refractivity contribution is 5.84. The van der Waals surface area contributed by atoms with E-state index in [1.165, 1.54) is 0 Å². The first-order valence-corrected chi connectivity index (χ1v) is 8.00. The van der Waals surface area contributed by atoms with Gasteiger partial charge in [-0.25, -0.2) is 0 Å². The predicted octanol–water partition coefficient (Wildman–Crippen LogP) is 1.65. The van der Waals surface area contributed by atoms with Gasteiger partial charge in [0, 0.05) is 0 Å². The van der Waals surface area contributed by atoms with Gasteiger partial charge >= 0.3 is 0 Å². The Morgan fingerprint density at radius 3 is 1.96 bits per heavy atom. The standard InChI is InChI=1S/C19H21NO4/c21-11-16-17(23-12-14-7-3-1-4-8-14)18(19(22)20-16)24-13-15-9-5-2-6-10-15/h1-10,16-18,21H,11-13H2,(H,20,22)/t16-,17+,18-/m0/s1. The first-order chi connectivity index (χ1) is 11.8. The monoisotopic (exact) mass is 327 g/mol. The molecule has 0 bridgehead atoms. The molecule has 0 saturated carbocycles. The third-order valence-corrected chi connectivity index (χ3v) is 4.04. The number of rotatable bonds is 7. The van der Waals surface area contributed by atoms with Crippen LogP contribution in [0.25, 0.3) is 0 Å². The molecule has 0 aliphatic carbocycles. The summed E-state index contributed by atoms with van der Waals surface area (Å²) in [5.74, 6) is -0.247. The highest BCUT2D eigenvalue weighted by atomic mass is 16.5. The van der Waals surface area contributed by atoms with Gasteiger partial charge in [0.25, 0.3) is 5.91 Å². The van der Waals surface area contributed by atoms with E-state index in [1.54, 1.807) is 0 Å². The smallest absolute Gasteiger partial charge is 0.252 e. The number of benzene rings is 2. The molecule has 0 spiro atoms. The molecule has 2 N–H and O–H groups in total. The minimum atomic E-state index is -0.730. The van der Waals surface area contributed by atoms with Gasteiger partial charge in [-0.3, -0.25) is 4.79 Å². The summed E-state index contributed by atoms with van der Waals surface area (Å²) < 4.78 is 11.7. The maximum Gasteiger partial charge on any atom is 0.252 e. The molecule has 1 aliphatic rings. The minimum absolute atomic E-state index is 0.184. The Morgan fingerprint density at radius 2 is 1.42 bits per heavy atom. The SMILES string of the molecule is O=C1N[C@@H](CO)[C@@H](OCc2ccccc2)[C@@H]1OCc1ccccc1. The Bertz CT molecular complexity index is 647. The van der Waals surface area contributed by atoms with Gasteiger partial charge in [-0.1, -0.05) is 60.7 Å². The summed E-state index contributed by atoms with van der Waals surface area (Å²) in [4.78, 5) is 12.2. The van der Waals surface area contributed by atoms with Crippen molar-refractivity contribution in [2.75, 3.05) is 6.61 Å². The topological polar surface area (TPSA) is 67.8 Å². The van der Waals surface area contributed by atoms with Gasteiger partial charge in [0.1, 0.15) is 6.10 Å². The molecule has 1 aliphatic heterocycles. The van der Waals surface area contributed by atoms with Crippen LogP contribution in [0.5, 0.6) is 0 Å². The van der Waals surface area contributed by atoms with E-state index in [0.29, 0.717) is 13.2 Å². The predicted molar refractivity (Wildman–Crippen MR) is 89.1 cm³/mol. The normalized spacial score (nSPS) is 23.2. The molecule has 3 atom stereocenters. The van der Waals surface area contributed by atoms with Gasteiger partial charge in [0.15, 0.2) is 6.10 Å². The lowest BCUT2D eigenvalue weighted by molar-refractivity contribution is -0.137. The largest absolute Gasteiger partial charge is 0.394 e. The Hall–Kier alpha value is -2.21. The van der Waals surface area contributed by atoms with Crippen molar-refractivity contribution < 1.29 is 19.4 Å². The molecule has 0 radical (unpaired) electrons. The summed E-state index contributed by atoms with van der Waals surface area (Å²) in [7, 11) is 0. The van der Waals surface area contributed by atoms with Crippen molar-refractivity contribution in [3.63, 3.8) is 0 Å². The van der Waals surface area contributed by atoms with Crippen molar-refractivity contribution in [3.05, 3.63) is 71.8 Å². The lowest BCUT2D eigenvalue weighted by Crippen LogP contribution is -2.39. The van der Waals surface area contributed by atoms with Crippen LogP contribution in [-0.4, -0.2) is 35.9 Å². The van der Waals surface area contributed by atoms with E-state index in [2.05, 4.69) is 5.32 Å². The lowest BCUT2D eigenvalue weighted by Gasteiger charge is -2.22. The van der Waals surface area contributed by atoms with Crippen molar-refractivity contribution >= 4 is 5.91 Å². The third kappa shape index (κ3) is 4.00. The fraction of sp³-hybridized carbons (Fsp3) is 0.316. The zero-order valence-electron chi connectivity index (χ0n) is 13.3. The first-order valence-electron chi connectivity index (χ1n) is 8.00. The van der Waals surface area contributed by atoms with Crippen LogP contribution in [0.15, 0.2) is 60.7 Å². The van der Waals surface area contributed by atoms with E-state index >= 15 is 0 Å². The van der Waals surface area contributed by atoms with E-state index in [4.69, 9.17) is 9.47 Å². The molecule has 1 saturated heterocycles. The number of amides is 1. The fourth-order valence-electron chi connectivity index (χ4n) is 2.76. The number of nitrogens with one attached hydrogen (secondary N) is 1. The summed E-state index contributed by atoms with van der Waals surface area (Å²) in [6, 6.07) is 18.9. The third-order valence-electron chi connectivity index (χ3n) is 4.04. The van der Waals surface area contributed by atoms with Crippen LogP contribution in [0.2, 0.25) is 0 Å². The molecule has 0 unspecified atom stereocenters. The van der Waals surface area contributed by atoms with Crippen molar-refractivity contribution in [3.8, 4) is 0 Å². The number of carbonyl (C=O) groups excluding carboxylic acids is 1. The van der Waals surface area contributed by atoms with Crippen LogP contribution in [-0.2, 0) is 27.5 Å². The number of aliphatic hydroxyl groups excluding tert-OH is 1. The average Bonchev–Trinajstić information content (AvgIpc) is 2.94. The highest BCUT2D eigenvalue weighted by Gasteiger charge is 2.43. The molecule has 2 aromatic carbocycles. The zero-order valence-corrected chi connectivity index (χ0v) is 13.3. The summed E-state index contributed by atoms with van der Waals surface area (Å²) >= 11 is 0. The molecular weight excluding hydrogens is 306 g/mol. The summed E-state index contributed by atoms with van der Waals surface area (Å²) in [5.41, 5.74) is 2.00.